The molecule has 4 nitrogen and oxygen atoms in total. The molecule has 0 fully saturated rings. The zero-order valence-corrected chi connectivity index (χ0v) is 15.6. The van der Waals surface area contributed by atoms with Gasteiger partial charge in [0.25, 0.3) is 0 Å². The maximum atomic E-state index is 12.5. The monoisotopic (exact) mass is 367 g/mol. The van der Waals surface area contributed by atoms with E-state index in [2.05, 4.69) is 35.9 Å². The second-order valence-electron chi connectivity index (χ2n) is 6.01. The van der Waals surface area contributed by atoms with Crippen LogP contribution in [-0.2, 0) is 0 Å². The Morgan fingerprint density at radius 2 is 2.00 bits per heavy atom. The lowest BCUT2D eigenvalue weighted by Gasteiger charge is -2.31. The third-order valence-electron chi connectivity index (χ3n) is 4.35. The van der Waals surface area contributed by atoms with Crippen molar-refractivity contribution in [2.75, 3.05) is 11.2 Å². The van der Waals surface area contributed by atoms with Crippen molar-refractivity contribution in [3.8, 4) is 0 Å². The van der Waals surface area contributed by atoms with Crippen molar-refractivity contribution in [1.29, 1.82) is 0 Å². The van der Waals surface area contributed by atoms with Gasteiger partial charge in [-0.2, -0.15) is 0 Å². The first kappa shape index (κ1) is 16.2. The fraction of sp³-hybridized carbons (Fsp3) is 0.158. The van der Waals surface area contributed by atoms with Crippen molar-refractivity contribution in [3.63, 3.8) is 0 Å². The molecular formula is C19H17N3OS2. The number of carbonyl (C=O) groups excluding carboxylic acids is 1. The maximum Gasteiger partial charge on any atom is 0.327 e. The first-order chi connectivity index (χ1) is 12.0. The normalized spacial score (nSPS) is 13.9. The third kappa shape index (κ3) is 2.92. The Labute approximate surface area is 154 Å². The maximum absolute atomic E-state index is 12.5. The molecule has 2 aromatic carbocycles. The number of para-hydroxylation sites is 1. The molecule has 0 spiro atoms. The van der Waals surface area contributed by atoms with E-state index in [0.717, 1.165) is 37.1 Å². The number of nitrogens with one attached hydrogen (secondary N) is 1. The molecule has 3 aromatic rings. The number of fused-ring (bicyclic) bond motifs is 2. The number of aromatic nitrogens is 1. The summed E-state index contributed by atoms with van der Waals surface area (Å²) < 4.78 is 2.11. The van der Waals surface area contributed by atoms with Gasteiger partial charge in [0.05, 0.1) is 21.8 Å². The molecular weight excluding hydrogens is 350 g/mol. The molecule has 0 radical (unpaired) electrons. The van der Waals surface area contributed by atoms with E-state index in [0.29, 0.717) is 5.88 Å². The zero-order valence-electron chi connectivity index (χ0n) is 14.0. The highest BCUT2D eigenvalue weighted by atomic mass is 32.2. The van der Waals surface area contributed by atoms with E-state index in [4.69, 9.17) is 0 Å². The van der Waals surface area contributed by atoms with Crippen LogP contribution in [0, 0.1) is 13.8 Å². The van der Waals surface area contributed by atoms with Crippen LogP contribution in [0.2, 0.25) is 0 Å². The number of rotatable bonds is 3. The molecule has 0 saturated carbocycles. The second kappa shape index (κ2) is 6.20. The average Bonchev–Trinajstić information content (AvgIpc) is 2.99. The fourth-order valence-electron chi connectivity index (χ4n) is 2.78. The summed E-state index contributed by atoms with van der Waals surface area (Å²) in [6.07, 6.45) is 0. The van der Waals surface area contributed by atoms with E-state index in [1.54, 1.807) is 28.0 Å². The van der Waals surface area contributed by atoms with Gasteiger partial charge in [0.1, 0.15) is 0 Å². The third-order valence-corrected chi connectivity index (χ3v) is 6.51. The Hall–Kier alpha value is -2.31. The van der Waals surface area contributed by atoms with Crippen LogP contribution < -0.4 is 5.32 Å². The van der Waals surface area contributed by atoms with Gasteiger partial charge in [-0.25, -0.2) is 9.78 Å². The molecule has 2 amide bonds. The highest BCUT2D eigenvalue weighted by Gasteiger charge is 2.27. The smallest absolute Gasteiger partial charge is 0.307 e. The Morgan fingerprint density at radius 1 is 1.24 bits per heavy atom. The summed E-state index contributed by atoms with van der Waals surface area (Å²) in [5, 5.41) is 2.97. The zero-order chi connectivity index (χ0) is 17.6. The van der Waals surface area contributed by atoms with Crippen LogP contribution >= 0.6 is 23.1 Å². The van der Waals surface area contributed by atoms with Crippen LogP contribution in [-0.4, -0.2) is 21.8 Å². The molecule has 0 unspecified atom stereocenters. The van der Waals surface area contributed by atoms with Gasteiger partial charge < -0.3 is 5.32 Å². The van der Waals surface area contributed by atoms with Gasteiger partial charge in [0.15, 0.2) is 4.34 Å². The first-order valence-electron chi connectivity index (χ1n) is 7.90. The Bertz CT molecular complexity index is 976. The number of anilines is 1. The van der Waals surface area contributed by atoms with Crippen LogP contribution in [0.3, 0.4) is 0 Å². The predicted octanol–water partition coefficient (Wildman–Crippen LogP) is 5.48. The molecule has 4 rings (SSSR count). The van der Waals surface area contributed by atoms with E-state index in [-0.39, 0.29) is 6.03 Å². The number of benzene rings is 2. The fourth-order valence-corrected chi connectivity index (χ4v) is 4.81. The minimum atomic E-state index is -0.144. The number of thioether (sulfide) groups is 1. The van der Waals surface area contributed by atoms with Crippen LogP contribution in [0.4, 0.5) is 10.5 Å². The number of amides is 2. The summed E-state index contributed by atoms with van der Waals surface area (Å²) in [7, 11) is 0. The molecule has 1 aliphatic heterocycles. The lowest BCUT2D eigenvalue weighted by atomic mass is 10.0. The van der Waals surface area contributed by atoms with Crippen LogP contribution in [0.15, 0.2) is 47.3 Å². The van der Waals surface area contributed by atoms with Crippen molar-refractivity contribution in [2.24, 2.45) is 0 Å². The molecule has 6 heteroatoms. The van der Waals surface area contributed by atoms with Crippen LogP contribution in [0.1, 0.15) is 16.7 Å². The Morgan fingerprint density at radius 3 is 2.80 bits per heavy atom. The van der Waals surface area contributed by atoms with E-state index in [1.165, 1.54) is 5.56 Å². The number of aryl methyl sites for hydroxylation is 2. The molecule has 1 aliphatic rings. The van der Waals surface area contributed by atoms with E-state index < -0.39 is 0 Å². The van der Waals surface area contributed by atoms with Gasteiger partial charge in [-0.15, -0.1) is 11.3 Å². The molecule has 1 aromatic heterocycles. The Kier molecular flexibility index (Phi) is 4.01. The first-order valence-corrected chi connectivity index (χ1v) is 9.70. The molecule has 0 saturated heterocycles. The Balaban J connectivity index is 1.56. The summed E-state index contributed by atoms with van der Waals surface area (Å²) >= 11 is 3.20. The summed E-state index contributed by atoms with van der Waals surface area (Å²) in [5.41, 5.74) is 5.88. The summed E-state index contributed by atoms with van der Waals surface area (Å²) in [6.45, 7) is 8.26. The van der Waals surface area contributed by atoms with Gasteiger partial charge in [-0.3, -0.25) is 4.90 Å². The van der Waals surface area contributed by atoms with Crippen LogP contribution in [0.5, 0.6) is 0 Å². The molecule has 1 N–H and O–H groups in total. The topological polar surface area (TPSA) is 45.2 Å². The predicted molar refractivity (Wildman–Crippen MR) is 106 cm³/mol. The van der Waals surface area contributed by atoms with Gasteiger partial charge in [0, 0.05) is 11.3 Å². The number of carbonyl (C=O) groups is 1. The summed E-state index contributed by atoms with van der Waals surface area (Å²) in [5.74, 6) is 0.483. The van der Waals surface area contributed by atoms with Crippen molar-refractivity contribution >= 4 is 50.7 Å². The SMILES string of the molecule is C=C1c2cc(C)c(C)cc2NC(=O)N1CSc1nc2ccccc2s1. The van der Waals surface area contributed by atoms with Crippen molar-refractivity contribution in [2.45, 2.75) is 18.2 Å². The van der Waals surface area contributed by atoms with Crippen molar-refractivity contribution in [1.82, 2.24) is 9.88 Å². The summed E-state index contributed by atoms with van der Waals surface area (Å²) in [6, 6.07) is 12.0. The number of thiazole rings is 1. The van der Waals surface area contributed by atoms with Crippen molar-refractivity contribution < 1.29 is 4.79 Å². The molecule has 126 valence electrons. The van der Waals surface area contributed by atoms with Gasteiger partial charge in [-0.1, -0.05) is 30.5 Å². The van der Waals surface area contributed by atoms with Gasteiger partial charge in [-0.05, 0) is 49.2 Å². The van der Waals surface area contributed by atoms with Crippen molar-refractivity contribution in [3.05, 3.63) is 59.7 Å². The number of nitrogens with zero attached hydrogens (tertiary/aromatic N) is 2. The summed E-state index contributed by atoms with van der Waals surface area (Å²) in [4.78, 5) is 18.8. The van der Waals surface area contributed by atoms with E-state index in [9.17, 15) is 4.79 Å². The number of hydrogen-bond donors (Lipinski definition) is 1. The average molecular weight is 367 g/mol. The molecule has 0 aliphatic carbocycles. The minimum absolute atomic E-state index is 0.144. The number of urea groups is 1. The molecule has 2 heterocycles. The van der Waals surface area contributed by atoms with Gasteiger partial charge >= 0.3 is 6.03 Å². The van der Waals surface area contributed by atoms with E-state index in [1.807, 2.05) is 31.2 Å². The van der Waals surface area contributed by atoms with E-state index >= 15 is 0 Å². The minimum Gasteiger partial charge on any atom is -0.307 e. The molecule has 0 atom stereocenters. The van der Waals surface area contributed by atoms with Gasteiger partial charge in [0.2, 0.25) is 0 Å². The highest BCUT2D eigenvalue weighted by molar-refractivity contribution is 8.01. The molecule has 0 bridgehead atoms. The van der Waals surface area contributed by atoms with Crippen LogP contribution in [0.25, 0.3) is 15.9 Å². The standard InChI is InChI=1S/C19H17N3OS2/c1-11-8-14-13(3)22(18(23)20-16(14)9-12(11)2)10-24-19-21-15-6-4-5-7-17(15)25-19/h4-9H,3,10H2,1-2H3,(H,20,23). The quantitative estimate of drug-likeness (QED) is 0.623. The highest BCUT2D eigenvalue weighted by Crippen LogP contribution is 2.36. The lowest BCUT2D eigenvalue weighted by Crippen LogP contribution is -2.37. The second-order valence-corrected chi connectivity index (χ2v) is 8.23. The largest absolute Gasteiger partial charge is 0.327 e. The number of hydrogen-bond acceptors (Lipinski definition) is 4. The lowest BCUT2D eigenvalue weighted by molar-refractivity contribution is 0.235. The molecule has 25 heavy (non-hydrogen) atoms.